The fourth-order valence-electron chi connectivity index (χ4n) is 2.62. The third-order valence-corrected chi connectivity index (χ3v) is 4.15. The van der Waals surface area contributed by atoms with E-state index in [4.69, 9.17) is 4.74 Å². The number of aryl methyl sites for hydroxylation is 1. The van der Waals surface area contributed by atoms with Crippen LogP contribution < -0.4 is 15.4 Å². The summed E-state index contributed by atoms with van der Waals surface area (Å²) in [5.41, 5.74) is 4.12. The maximum absolute atomic E-state index is 12.1. The first kappa shape index (κ1) is 18.5. The van der Waals surface area contributed by atoms with E-state index in [1.54, 1.807) is 0 Å². The van der Waals surface area contributed by atoms with Crippen molar-refractivity contribution in [2.24, 2.45) is 0 Å². The number of ether oxygens (including phenoxy) is 1. The van der Waals surface area contributed by atoms with E-state index in [0.29, 0.717) is 6.61 Å². The zero-order valence-corrected chi connectivity index (χ0v) is 15.4. The molecule has 0 aliphatic rings. The summed E-state index contributed by atoms with van der Waals surface area (Å²) < 4.78 is 5.76. The number of anilines is 2. The highest BCUT2D eigenvalue weighted by Crippen LogP contribution is 2.16. The highest BCUT2D eigenvalue weighted by Gasteiger charge is 2.03. The Balaban J connectivity index is 1.41. The summed E-state index contributed by atoms with van der Waals surface area (Å²) in [4.78, 5) is 12.1. The van der Waals surface area contributed by atoms with Crippen LogP contribution in [0.1, 0.15) is 11.1 Å². The Kier molecular flexibility index (Phi) is 6.47. The van der Waals surface area contributed by atoms with Gasteiger partial charge in [0.1, 0.15) is 5.75 Å². The molecule has 0 saturated carbocycles. The molecule has 3 aromatic rings. The van der Waals surface area contributed by atoms with Crippen molar-refractivity contribution in [2.45, 2.75) is 13.3 Å². The van der Waals surface area contributed by atoms with Gasteiger partial charge in [0.05, 0.1) is 13.2 Å². The van der Waals surface area contributed by atoms with Crippen LogP contribution in [-0.2, 0) is 11.2 Å². The van der Waals surface area contributed by atoms with E-state index in [-0.39, 0.29) is 12.5 Å². The average molecular weight is 360 g/mol. The van der Waals surface area contributed by atoms with Crippen molar-refractivity contribution in [1.29, 1.82) is 0 Å². The van der Waals surface area contributed by atoms with Crippen LogP contribution in [0.25, 0.3) is 0 Å². The van der Waals surface area contributed by atoms with Gasteiger partial charge in [0.2, 0.25) is 5.91 Å². The van der Waals surface area contributed by atoms with Gasteiger partial charge in [0.25, 0.3) is 0 Å². The second-order valence-electron chi connectivity index (χ2n) is 6.38. The minimum absolute atomic E-state index is 0.0895. The normalized spacial score (nSPS) is 10.3. The Morgan fingerprint density at radius 3 is 2.22 bits per heavy atom. The van der Waals surface area contributed by atoms with Crippen molar-refractivity contribution in [1.82, 2.24) is 0 Å². The van der Waals surface area contributed by atoms with E-state index in [0.717, 1.165) is 23.5 Å². The van der Waals surface area contributed by atoms with E-state index in [9.17, 15) is 4.79 Å². The molecule has 0 aliphatic carbocycles. The first-order valence-electron chi connectivity index (χ1n) is 9.06. The Hall–Kier alpha value is -3.27. The fourth-order valence-corrected chi connectivity index (χ4v) is 2.62. The Morgan fingerprint density at radius 1 is 0.852 bits per heavy atom. The van der Waals surface area contributed by atoms with Gasteiger partial charge >= 0.3 is 0 Å². The molecule has 0 fully saturated rings. The first-order chi connectivity index (χ1) is 13.2. The van der Waals surface area contributed by atoms with Crippen LogP contribution >= 0.6 is 0 Å². The molecule has 4 nitrogen and oxygen atoms in total. The molecule has 3 rings (SSSR count). The quantitative estimate of drug-likeness (QED) is 0.614. The van der Waals surface area contributed by atoms with Gasteiger partial charge in [0.15, 0.2) is 0 Å². The second kappa shape index (κ2) is 9.43. The molecule has 0 spiro atoms. The van der Waals surface area contributed by atoms with Crippen LogP contribution in [0.2, 0.25) is 0 Å². The maximum atomic E-state index is 12.1. The smallest absolute Gasteiger partial charge is 0.243 e. The van der Waals surface area contributed by atoms with Gasteiger partial charge in [-0.2, -0.15) is 0 Å². The Labute approximate surface area is 160 Å². The first-order valence-corrected chi connectivity index (χ1v) is 9.06. The molecule has 0 unspecified atom stereocenters. The molecule has 0 radical (unpaired) electrons. The van der Waals surface area contributed by atoms with E-state index < -0.39 is 0 Å². The molecule has 0 aromatic heterocycles. The summed E-state index contributed by atoms with van der Waals surface area (Å²) in [7, 11) is 0. The lowest BCUT2D eigenvalue weighted by molar-refractivity contribution is -0.114. The van der Waals surface area contributed by atoms with Crippen molar-refractivity contribution < 1.29 is 9.53 Å². The van der Waals surface area contributed by atoms with Gasteiger partial charge in [-0.25, -0.2) is 0 Å². The minimum Gasteiger partial charge on any atom is -0.493 e. The molecule has 0 bridgehead atoms. The SMILES string of the molecule is Cc1ccc(NCC(=O)Nc2ccc(OCCc3ccccc3)cc2)cc1. The molecule has 0 saturated heterocycles. The van der Waals surface area contributed by atoms with Gasteiger partial charge < -0.3 is 15.4 Å². The number of benzene rings is 3. The van der Waals surface area contributed by atoms with Crippen LogP contribution in [0.5, 0.6) is 5.75 Å². The van der Waals surface area contributed by atoms with Gasteiger partial charge in [0, 0.05) is 17.8 Å². The molecule has 2 N–H and O–H groups in total. The molecule has 4 heteroatoms. The third kappa shape index (κ3) is 6.19. The number of nitrogens with one attached hydrogen (secondary N) is 2. The van der Waals surface area contributed by atoms with Gasteiger partial charge in [-0.15, -0.1) is 0 Å². The predicted octanol–water partition coefficient (Wildman–Crippen LogP) is 4.67. The lowest BCUT2D eigenvalue weighted by Gasteiger charge is -2.10. The number of carbonyl (C=O) groups excluding carboxylic acids is 1. The zero-order valence-electron chi connectivity index (χ0n) is 15.4. The van der Waals surface area contributed by atoms with Crippen molar-refractivity contribution in [3.63, 3.8) is 0 Å². The standard InChI is InChI=1S/C23H24N2O2/c1-18-7-9-20(10-8-18)24-17-23(26)25-21-11-13-22(14-12-21)27-16-15-19-5-3-2-4-6-19/h2-14,24H,15-17H2,1H3,(H,25,26). The Bertz CT molecular complexity index is 844. The molecule has 0 aliphatic heterocycles. The second-order valence-corrected chi connectivity index (χ2v) is 6.38. The van der Waals surface area contributed by atoms with Crippen LogP contribution in [-0.4, -0.2) is 19.1 Å². The summed E-state index contributed by atoms with van der Waals surface area (Å²) in [6.45, 7) is 2.88. The van der Waals surface area contributed by atoms with E-state index in [1.807, 2.05) is 73.7 Å². The summed E-state index contributed by atoms with van der Waals surface area (Å²) >= 11 is 0. The number of hydrogen-bond acceptors (Lipinski definition) is 3. The lowest BCUT2D eigenvalue weighted by Crippen LogP contribution is -2.21. The van der Waals surface area contributed by atoms with Crippen molar-refractivity contribution >= 4 is 17.3 Å². The fraction of sp³-hybridized carbons (Fsp3) is 0.174. The van der Waals surface area contributed by atoms with E-state index >= 15 is 0 Å². The van der Waals surface area contributed by atoms with Gasteiger partial charge in [-0.3, -0.25) is 4.79 Å². The number of carbonyl (C=O) groups is 1. The zero-order chi connectivity index (χ0) is 18.9. The van der Waals surface area contributed by atoms with Crippen LogP contribution in [0.15, 0.2) is 78.9 Å². The number of rotatable bonds is 8. The molecular weight excluding hydrogens is 336 g/mol. The summed E-state index contributed by atoms with van der Waals surface area (Å²) in [5.74, 6) is 0.704. The third-order valence-electron chi connectivity index (χ3n) is 4.15. The molecule has 1 amide bonds. The Morgan fingerprint density at radius 2 is 1.52 bits per heavy atom. The summed E-state index contributed by atoms with van der Waals surface area (Å²) in [6.07, 6.45) is 0.865. The van der Waals surface area contributed by atoms with Gasteiger partial charge in [-0.05, 0) is 48.9 Å². The maximum Gasteiger partial charge on any atom is 0.243 e. The van der Waals surface area contributed by atoms with Crippen LogP contribution in [0.3, 0.4) is 0 Å². The van der Waals surface area contributed by atoms with E-state index in [1.165, 1.54) is 11.1 Å². The molecule has 3 aromatic carbocycles. The lowest BCUT2D eigenvalue weighted by atomic mass is 10.2. The summed E-state index contributed by atoms with van der Waals surface area (Å²) in [6, 6.07) is 25.6. The molecular formula is C23H24N2O2. The van der Waals surface area contributed by atoms with Crippen LogP contribution in [0, 0.1) is 6.92 Å². The van der Waals surface area contributed by atoms with Gasteiger partial charge in [-0.1, -0.05) is 48.0 Å². The molecule has 27 heavy (non-hydrogen) atoms. The molecule has 0 heterocycles. The van der Waals surface area contributed by atoms with E-state index in [2.05, 4.69) is 22.8 Å². The van der Waals surface area contributed by atoms with Crippen molar-refractivity contribution in [2.75, 3.05) is 23.8 Å². The number of hydrogen-bond donors (Lipinski definition) is 2. The predicted molar refractivity (Wildman–Crippen MR) is 110 cm³/mol. The van der Waals surface area contributed by atoms with Crippen molar-refractivity contribution in [3.8, 4) is 5.75 Å². The minimum atomic E-state index is -0.0895. The largest absolute Gasteiger partial charge is 0.493 e. The number of amides is 1. The van der Waals surface area contributed by atoms with Crippen molar-refractivity contribution in [3.05, 3.63) is 90.0 Å². The highest BCUT2D eigenvalue weighted by atomic mass is 16.5. The molecule has 138 valence electrons. The topological polar surface area (TPSA) is 50.4 Å². The monoisotopic (exact) mass is 360 g/mol. The average Bonchev–Trinajstić information content (AvgIpc) is 2.70. The highest BCUT2D eigenvalue weighted by molar-refractivity contribution is 5.93. The van der Waals surface area contributed by atoms with Crippen LogP contribution in [0.4, 0.5) is 11.4 Å². The molecule has 0 atom stereocenters. The summed E-state index contributed by atoms with van der Waals surface area (Å²) in [5, 5.41) is 5.99.